The van der Waals surface area contributed by atoms with Crippen molar-refractivity contribution in [3.8, 4) is 0 Å². The fourth-order valence-corrected chi connectivity index (χ4v) is 1.95. The third kappa shape index (κ3) is 10.5. The van der Waals surface area contributed by atoms with Crippen molar-refractivity contribution in [2.45, 2.75) is 84.8 Å². The quantitative estimate of drug-likeness (QED) is 0.329. The molecular weight excluding hydrogens is 195 g/mol. The van der Waals surface area contributed by atoms with E-state index >= 15 is 0 Å². The van der Waals surface area contributed by atoms with Crippen LogP contribution < -0.4 is 0 Å². The molecule has 0 bridgehead atoms. The monoisotopic (exact) mass is 226 g/mol. The van der Waals surface area contributed by atoms with Gasteiger partial charge in [-0.25, -0.2) is 0 Å². The van der Waals surface area contributed by atoms with Gasteiger partial charge in [-0.3, -0.25) is 0 Å². The van der Waals surface area contributed by atoms with Gasteiger partial charge in [-0.15, -0.1) is 0 Å². The topological polar surface area (TPSA) is 9.23 Å². The summed E-state index contributed by atoms with van der Waals surface area (Å²) in [4.78, 5) is 0. The zero-order valence-electron chi connectivity index (χ0n) is 11.8. The summed E-state index contributed by atoms with van der Waals surface area (Å²) in [6, 6.07) is 0. The summed E-state index contributed by atoms with van der Waals surface area (Å²) >= 11 is 0. The second-order valence-corrected chi connectivity index (χ2v) is 4.84. The van der Waals surface area contributed by atoms with Crippen LogP contribution >= 0.6 is 0 Å². The van der Waals surface area contributed by atoms with E-state index in [2.05, 4.69) is 20.8 Å². The second kappa shape index (κ2) is 13.1. The summed E-state index contributed by atoms with van der Waals surface area (Å²) in [7, 11) is 0. The van der Waals surface area contributed by atoms with Gasteiger partial charge < -0.3 is 4.65 Å². The predicted octanol–water partition coefficient (Wildman–Crippen LogP) is 5.18. The smallest absolute Gasteiger partial charge is 0.293 e. The molecule has 0 fully saturated rings. The Morgan fingerprint density at radius 1 is 0.688 bits per heavy atom. The van der Waals surface area contributed by atoms with Crippen LogP contribution in [-0.2, 0) is 4.65 Å². The molecule has 0 aromatic carbocycles. The highest BCUT2D eigenvalue weighted by Gasteiger charge is 2.13. The first-order chi connectivity index (χ1) is 7.85. The standard InChI is InChI=1S/C14H31BO/c1-4-7-10-12-15(13-11-8-5-2)16-14-9-6-3/h4-14H2,1-3H3. The van der Waals surface area contributed by atoms with Crippen LogP contribution in [0.25, 0.3) is 0 Å². The van der Waals surface area contributed by atoms with Crippen LogP contribution in [0.4, 0.5) is 0 Å². The first-order valence-electron chi connectivity index (χ1n) is 7.46. The number of hydrogen-bond acceptors (Lipinski definition) is 1. The molecule has 0 spiro atoms. The zero-order chi connectivity index (χ0) is 12.1. The molecule has 0 rings (SSSR count). The lowest BCUT2D eigenvalue weighted by molar-refractivity contribution is 0.307. The van der Waals surface area contributed by atoms with E-state index < -0.39 is 0 Å². The van der Waals surface area contributed by atoms with Gasteiger partial charge in [0.25, 0.3) is 6.92 Å². The van der Waals surface area contributed by atoms with Crippen LogP contribution in [0.1, 0.15) is 72.1 Å². The van der Waals surface area contributed by atoms with E-state index in [1.54, 1.807) is 0 Å². The Kier molecular flexibility index (Phi) is 13.1. The van der Waals surface area contributed by atoms with Crippen LogP contribution in [0.3, 0.4) is 0 Å². The fourth-order valence-electron chi connectivity index (χ4n) is 1.95. The summed E-state index contributed by atoms with van der Waals surface area (Å²) in [5.74, 6) is 0. The van der Waals surface area contributed by atoms with Crippen molar-refractivity contribution in [3.63, 3.8) is 0 Å². The zero-order valence-corrected chi connectivity index (χ0v) is 11.8. The molecule has 1 nitrogen and oxygen atoms in total. The fraction of sp³-hybridized carbons (Fsp3) is 1.00. The average molecular weight is 226 g/mol. The first-order valence-corrected chi connectivity index (χ1v) is 7.46. The largest absolute Gasteiger partial charge is 0.436 e. The van der Waals surface area contributed by atoms with Crippen LogP contribution in [0.5, 0.6) is 0 Å². The number of unbranched alkanes of at least 4 members (excludes halogenated alkanes) is 5. The molecule has 0 aliphatic carbocycles. The van der Waals surface area contributed by atoms with Crippen LogP contribution in [0, 0.1) is 0 Å². The van der Waals surface area contributed by atoms with Crippen molar-refractivity contribution in [2.75, 3.05) is 6.61 Å². The Hall–Kier alpha value is 0.0249. The Morgan fingerprint density at radius 2 is 1.19 bits per heavy atom. The molecular formula is C14H31BO. The maximum atomic E-state index is 5.98. The summed E-state index contributed by atoms with van der Waals surface area (Å²) in [6.07, 6.45) is 13.1. The lowest BCUT2D eigenvalue weighted by atomic mass is 9.59. The highest BCUT2D eigenvalue weighted by atomic mass is 16.4. The van der Waals surface area contributed by atoms with E-state index in [4.69, 9.17) is 4.65 Å². The van der Waals surface area contributed by atoms with E-state index in [1.165, 1.54) is 64.0 Å². The van der Waals surface area contributed by atoms with Crippen molar-refractivity contribution in [3.05, 3.63) is 0 Å². The lowest BCUT2D eigenvalue weighted by Gasteiger charge is -2.14. The molecule has 96 valence electrons. The summed E-state index contributed by atoms with van der Waals surface area (Å²) in [6.45, 7) is 8.28. The minimum Gasteiger partial charge on any atom is -0.436 e. The molecule has 0 N–H and O–H groups in total. The van der Waals surface area contributed by atoms with Crippen molar-refractivity contribution in [2.24, 2.45) is 0 Å². The summed E-state index contributed by atoms with van der Waals surface area (Å²) in [5.41, 5.74) is 0. The molecule has 0 aliphatic heterocycles. The van der Waals surface area contributed by atoms with Crippen molar-refractivity contribution >= 4 is 6.92 Å². The maximum Gasteiger partial charge on any atom is 0.293 e. The van der Waals surface area contributed by atoms with E-state index in [1.807, 2.05) is 0 Å². The van der Waals surface area contributed by atoms with Gasteiger partial charge in [-0.2, -0.15) is 0 Å². The van der Waals surface area contributed by atoms with Crippen molar-refractivity contribution < 1.29 is 4.65 Å². The van der Waals surface area contributed by atoms with E-state index in [-0.39, 0.29) is 0 Å². The Balaban J connectivity index is 3.58. The molecule has 0 unspecified atom stereocenters. The SMILES string of the molecule is CCCCCB(CCCCC)OCCCC. The third-order valence-corrected chi connectivity index (χ3v) is 3.11. The van der Waals surface area contributed by atoms with E-state index in [9.17, 15) is 0 Å². The first kappa shape index (κ1) is 16.0. The molecule has 0 aromatic rings. The Bertz CT molecular complexity index is 104. The van der Waals surface area contributed by atoms with Gasteiger partial charge in [0.1, 0.15) is 0 Å². The molecule has 2 heteroatoms. The number of hydrogen-bond donors (Lipinski definition) is 0. The molecule has 16 heavy (non-hydrogen) atoms. The summed E-state index contributed by atoms with van der Waals surface area (Å²) < 4.78 is 5.98. The Morgan fingerprint density at radius 3 is 1.62 bits per heavy atom. The van der Waals surface area contributed by atoms with Gasteiger partial charge in [-0.1, -0.05) is 65.7 Å². The van der Waals surface area contributed by atoms with Gasteiger partial charge in [0.15, 0.2) is 0 Å². The van der Waals surface area contributed by atoms with Gasteiger partial charge in [0.2, 0.25) is 0 Å². The van der Waals surface area contributed by atoms with E-state index in [0.717, 1.165) is 6.61 Å². The van der Waals surface area contributed by atoms with Gasteiger partial charge >= 0.3 is 0 Å². The molecule has 0 radical (unpaired) electrons. The predicted molar refractivity (Wildman–Crippen MR) is 75.3 cm³/mol. The highest BCUT2D eigenvalue weighted by Crippen LogP contribution is 2.13. The number of rotatable bonds is 12. The molecule has 0 amide bonds. The van der Waals surface area contributed by atoms with E-state index in [0.29, 0.717) is 6.92 Å². The minimum atomic E-state index is 0.546. The molecule has 0 aliphatic rings. The van der Waals surface area contributed by atoms with Crippen molar-refractivity contribution in [1.82, 2.24) is 0 Å². The Labute approximate surface area is 103 Å². The average Bonchev–Trinajstić information content (AvgIpc) is 2.29. The molecule has 0 atom stereocenters. The second-order valence-electron chi connectivity index (χ2n) is 4.84. The van der Waals surface area contributed by atoms with Gasteiger partial charge in [0, 0.05) is 6.61 Å². The molecule has 0 saturated carbocycles. The normalized spacial score (nSPS) is 10.7. The van der Waals surface area contributed by atoms with Crippen LogP contribution in [-0.4, -0.2) is 13.5 Å². The molecule has 0 saturated heterocycles. The minimum absolute atomic E-state index is 0.546. The molecule has 0 heterocycles. The highest BCUT2D eigenvalue weighted by molar-refractivity contribution is 6.51. The van der Waals surface area contributed by atoms with Crippen LogP contribution in [0.2, 0.25) is 12.6 Å². The lowest BCUT2D eigenvalue weighted by Crippen LogP contribution is -2.18. The van der Waals surface area contributed by atoms with Crippen LogP contribution in [0.15, 0.2) is 0 Å². The maximum absolute atomic E-state index is 5.98. The van der Waals surface area contributed by atoms with Crippen molar-refractivity contribution in [1.29, 1.82) is 0 Å². The van der Waals surface area contributed by atoms with Gasteiger partial charge in [-0.05, 0) is 19.1 Å². The summed E-state index contributed by atoms with van der Waals surface area (Å²) in [5, 5.41) is 0. The molecule has 0 aromatic heterocycles. The third-order valence-electron chi connectivity index (χ3n) is 3.11. The van der Waals surface area contributed by atoms with Gasteiger partial charge in [0.05, 0.1) is 0 Å².